The topological polar surface area (TPSA) is 161 Å². The molecule has 0 aromatic heterocycles. The highest BCUT2D eigenvalue weighted by Crippen LogP contribution is 2.50. The largest absolute Gasteiger partial charge is 0.480 e. The van der Waals surface area contributed by atoms with Gasteiger partial charge < -0.3 is 20.7 Å². The van der Waals surface area contributed by atoms with E-state index in [1.165, 1.54) is 6.92 Å². The molecule has 0 radical (unpaired) electrons. The zero-order valence-corrected chi connectivity index (χ0v) is 9.84. The van der Waals surface area contributed by atoms with Gasteiger partial charge in [0.1, 0.15) is 0 Å². The summed E-state index contributed by atoms with van der Waals surface area (Å²) in [5, 5.41) is 18.3. The minimum Gasteiger partial charge on any atom is -0.480 e. The number of primary amides is 1. The van der Waals surface area contributed by atoms with E-state index in [1.54, 1.807) is 0 Å². The lowest BCUT2D eigenvalue weighted by Gasteiger charge is -2.43. The zero-order valence-electron chi connectivity index (χ0n) is 9.84. The zero-order chi connectivity index (χ0) is 15.0. The summed E-state index contributed by atoms with van der Waals surface area (Å²) in [5.74, 6) is -8.74. The summed E-state index contributed by atoms with van der Waals surface area (Å²) in [7, 11) is 0. The van der Waals surface area contributed by atoms with Crippen molar-refractivity contribution in [3.05, 3.63) is 0 Å². The van der Waals surface area contributed by atoms with Gasteiger partial charge in [-0.3, -0.25) is 14.4 Å². The lowest BCUT2D eigenvalue weighted by atomic mass is 9.58. The Morgan fingerprint density at radius 3 is 1.84 bits per heavy atom. The maximum atomic E-state index is 11.5. The lowest BCUT2D eigenvalue weighted by Crippen LogP contribution is -2.73. The molecule has 1 fully saturated rings. The van der Waals surface area contributed by atoms with Crippen LogP contribution in [0.25, 0.3) is 0 Å². The average molecular weight is 273 g/mol. The molecular formula is C10H11NO8. The fraction of sp³-hybridized carbons (Fsp3) is 0.500. The first-order valence-corrected chi connectivity index (χ1v) is 5.23. The van der Waals surface area contributed by atoms with Crippen LogP contribution >= 0.6 is 0 Å². The number of esters is 2. The Morgan fingerprint density at radius 1 is 1.21 bits per heavy atom. The molecule has 1 amide bonds. The summed E-state index contributed by atoms with van der Waals surface area (Å²) in [6.45, 7) is 1.43. The van der Waals surface area contributed by atoms with Crippen molar-refractivity contribution in [2.75, 3.05) is 0 Å². The first-order chi connectivity index (χ1) is 8.69. The molecule has 0 aromatic rings. The van der Waals surface area contributed by atoms with E-state index in [1.807, 2.05) is 0 Å². The highest BCUT2D eigenvalue weighted by Gasteiger charge is 2.81. The fourth-order valence-corrected chi connectivity index (χ4v) is 2.22. The number of nitrogens with two attached hydrogens (primary N) is 1. The molecule has 0 bridgehead atoms. The van der Waals surface area contributed by atoms with Gasteiger partial charge in [0.25, 0.3) is 5.41 Å². The maximum absolute atomic E-state index is 11.5. The Hall–Kier alpha value is -2.45. The fourth-order valence-electron chi connectivity index (χ4n) is 2.22. The molecular weight excluding hydrogens is 262 g/mol. The highest BCUT2D eigenvalue weighted by molar-refractivity contribution is 6.34. The molecule has 1 heterocycles. The first kappa shape index (κ1) is 14.6. The Balaban J connectivity index is 3.66. The number of ether oxygens (including phenoxy) is 1. The normalized spacial score (nSPS) is 17.3. The average Bonchev–Trinajstić information content (AvgIpc) is 2.26. The lowest BCUT2D eigenvalue weighted by molar-refractivity contribution is -0.218. The molecule has 1 rings (SSSR count). The van der Waals surface area contributed by atoms with Crippen LogP contribution in [0.4, 0.5) is 0 Å². The molecule has 0 aromatic carbocycles. The molecule has 0 spiro atoms. The number of hydrogen-bond acceptors (Lipinski definition) is 6. The van der Waals surface area contributed by atoms with Gasteiger partial charge in [-0.05, 0) is 6.42 Å². The molecule has 0 saturated carbocycles. The summed E-state index contributed by atoms with van der Waals surface area (Å²) in [6.07, 6.45) is -0.629. The molecule has 4 N–H and O–H groups in total. The molecule has 1 aliphatic heterocycles. The number of aliphatic carboxylic acids is 2. The second-order valence-electron chi connectivity index (χ2n) is 4.06. The molecule has 0 aliphatic carbocycles. The van der Waals surface area contributed by atoms with Crippen molar-refractivity contribution in [1.29, 1.82) is 0 Å². The Labute approximate surface area is 106 Å². The van der Waals surface area contributed by atoms with Crippen LogP contribution in [0.1, 0.15) is 19.8 Å². The summed E-state index contributed by atoms with van der Waals surface area (Å²) >= 11 is 0. The van der Waals surface area contributed by atoms with Crippen LogP contribution in [0.5, 0.6) is 0 Å². The number of amides is 1. The first-order valence-electron chi connectivity index (χ1n) is 5.23. The third-order valence-electron chi connectivity index (χ3n) is 3.16. The minimum atomic E-state index is -3.01. The van der Waals surface area contributed by atoms with E-state index in [2.05, 4.69) is 4.74 Å². The van der Waals surface area contributed by atoms with Crippen LogP contribution in [0.2, 0.25) is 0 Å². The molecule has 9 nitrogen and oxygen atoms in total. The van der Waals surface area contributed by atoms with Crippen molar-refractivity contribution >= 4 is 29.8 Å². The minimum absolute atomic E-state index is 0.00576. The maximum Gasteiger partial charge on any atom is 0.342 e. The summed E-state index contributed by atoms with van der Waals surface area (Å²) in [4.78, 5) is 57.0. The van der Waals surface area contributed by atoms with Crippen molar-refractivity contribution in [2.45, 2.75) is 19.8 Å². The Morgan fingerprint density at radius 2 is 1.63 bits per heavy atom. The number of cyclic esters (lactones) is 2. The van der Waals surface area contributed by atoms with Gasteiger partial charge in [-0.2, -0.15) is 0 Å². The van der Waals surface area contributed by atoms with Gasteiger partial charge in [-0.25, -0.2) is 9.59 Å². The van der Waals surface area contributed by atoms with Gasteiger partial charge in [0, 0.05) is 0 Å². The van der Waals surface area contributed by atoms with Crippen LogP contribution in [0.3, 0.4) is 0 Å². The molecule has 9 heteroatoms. The van der Waals surface area contributed by atoms with E-state index in [0.29, 0.717) is 0 Å². The van der Waals surface area contributed by atoms with Gasteiger partial charge in [0.2, 0.25) is 11.3 Å². The Bertz CT molecular complexity index is 452. The van der Waals surface area contributed by atoms with Gasteiger partial charge in [-0.15, -0.1) is 0 Å². The molecule has 19 heavy (non-hydrogen) atoms. The number of rotatable bonds is 6. The Kier molecular flexibility index (Phi) is 3.34. The number of carboxylic acid groups (broad SMARTS) is 2. The number of hydrogen-bond donors (Lipinski definition) is 3. The van der Waals surface area contributed by atoms with Crippen LogP contribution in [-0.2, 0) is 28.7 Å². The smallest absolute Gasteiger partial charge is 0.342 e. The standard InChI is InChI=1S/C10H11NO8/c1-2-3-9(5(13)14,6(15)16)10(4(11)12)7(17)19-8(10)18/h2-3H2,1H3,(H2,11,12)(H,13,14)(H,15,16). The molecule has 0 atom stereocenters. The predicted octanol–water partition coefficient (Wildman–Crippen LogP) is -1.50. The monoisotopic (exact) mass is 273 g/mol. The van der Waals surface area contributed by atoms with Gasteiger partial charge >= 0.3 is 23.9 Å². The van der Waals surface area contributed by atoms with Crippen LogP contribution in [-0.4, -0.2) is 40.0 Å². The van der Waals surface area contributed by atoms with Crippen molar-refractivity contribution in [3.8, 4) is 0 Å². The van der Waals surface area contributed by atoms with Gasteiger partial charge in [-0.1, -0.05) is 13.3 Å². The van der Waals surface area contributed by atoms with Crippen molar-refractivity contribution < 1.29 is 38.9 Å². The van der Waals surface area contributed by atoms with Crippen LogP contribution < -0.4 is 5.73 Å². The molecule has 0 unspecified atom stereocenters. The van der Waals surface area contributed by atoms with Gasteiger partial charge in [0.15, 0.2) is 0 Å². The number of carboxylic acids is 2. The third-order valence-corrected chi connectivity index (χ3v) is 3.16. The van der Waals surface area contributed by atoms with Crippen molar-refractivity contribution in [3.63, 3.8) is 0 Å². The second kappa shape index (κ2) is 4.34. The van der Waals surface area contributed by atoms with Gasteiger partial charge in [0.05, 0.1) is 0 Å². The second-order valence-corrected chi connectivity index (χ2v) is 4.06. The van der Waals surface area contributed by atoms with E-state index in [4.69, 9.17) is 15.9 Å². The molecule has 1 saturated heterocycles. The van der Waals surface area contributed by atoms with E-state index < -0.39 is 47.0 Å². The van der Waals surface area contributed by atoms with E-state index in [-0.39, 0.29) is 6.42 Å². The number of carbonyl (C=O) groups is 5. The van der Waals surface area contributed by atoms with Crippen LogP contribution in [0, 0.1) is 10.8 Å². The predicted molar refractivity (Wildman–Crippen MR) is 55.3 cm³/mol. The third kappa shape index (κ3) is 1.44. The number of carbonyl (C=O) groups excluding carboxylic acids is 3. The van der Waals surface area contributed by atoms with E-state index in [0.717, 1.165) is 0 Å². The summed E-state index contributed by atoms with van der Waals surface area (Å²) in [6, 6.07) is 0. The van der Waals surface area contributed by atoms with E-state index >= 15 is 0 Å². The summed E-state index contributed by atoms with van der Waals surface area (Å²) < 4.78 is 3.96. The van der Waals surface area contributed by atoms with Crippen molar-refractivity contribution in [2.24, 2.45) is 16.6 Å². The van der Waals surface area contributed by atoms with Crippen LogP contribution in [0.15, 0.2) is 0 Å². The highest BCUT2D eigenvalue weighted by atomic mass is 16.6. The molecule has 104 valence electrons. The van der Waals surface area contributed by atoms with E-state index in [9.17, 15) is 24.0 Å². The molecule has 1 aliphatic rings. The summed E-state index contributed by atoms with van der Waals surface area (Å²) in [5.41, 5.74) is -1.05. The SMILES string of the molecule is CCCC(C(=O)O)(C(=O)O)C1(C(N)=O)C(=O)OC1=O. The van der Waals surface area contributed by atoms with Crippen molar-refractivity contribution in [1.82, 2.24) is 0 Å². The quantitative estimate of drug-likeness (QED) is 0.389.